The number of carboxylic acids is 1. The number of benzene rings is 1. The summed E-state index contributed by atoms with van der Waals surface area (Å²) in [5.74, 6) is -1.20. The van der Waals surface area contributed by atoms with Gasteiger partial charge in [-0.05, 0) is 25.3 Å². The normalized spacial score (nSPS) is 11.9. The highest BCUT2D eigenvalue weighted by Crippen LogP contribution is 2.06. The van der Waals surface area contributed by atoms with Gasteiger partial charge in [0, 0.05) is 6.42 Å². The molecule has 18 heavy (non-hydrogen) atoms. The van der Waals surface area contributed by atoms with Gasteiger partial charge in [0.1, 0.15) is 6.04 Å². The van der Waals surface area contributed by atoms with Crippen molar-refractivity contribution >= 4 is 11.9 Å². The largest absolute Gasteiger partial charge is 0.480 e. The number of aliphatic carboxylic acids is 1. The summed E-state index contributed by atoms with van der Waals surface area (Å²) in [5.41, 5.74) is 2.25. The number of carbonyl (C=O) groups excluding carboxylic acids is 1. The quantitative estimate of drug-likeness (QED) is 0.809. The Kier molecular flexibility index (Phi) is 5.36. The average Bonchev–Trinajstić information content (AvgIpc) is 2.33. The summed E-state index contributed by atoms with van der Waals surface area (Å²) < 4.78 is 0. The highest BCUT2D eigenvalue weighted by atomic mass is 16.4. The Bertz CT molecular complexity index is 429. The molecule has 0 saturated heterocycles. The topological polar surface area (TPSA) is 66.4 Å². The Labute approximate surface area is 107 Å². The minimum Gasteiger partial charge on any atom is -0.480 e. The number of carbonyl (C=O) groups is 2. The minimum absolute atomic E-state index is 0.217. The second kappa shape index (κ2) is 6.79. The number of aryl methyl sites for hydroxylation is 2. The van der Waals surface area contributed by atoms with Gasteiger partial charge in [-0.25, -0.2) is 4.79 Å². The first-order valence-electron chi connectivity index (χ1n) is 6.10. The Morgan fingerprint density at radius 1 is 1.39 bits per heavy atom. The summed E-state index contributed by atoms with van der Waals surface area (Å²) in [5, 5.41) is 11.3. The summed E-state index contributed by atoms with van der Waals surface area (Å²) in [6.07, 6.45) is 1.34. The van der Waals surface area contributed by atoms with Crippen LogP contribution in [0.5, 0.6) is 0 Å². The molecule has 0 aliphatic rings. The number of rotatable bonds is 6. The molecular formula is C14H19NO3. The van der Waals surface area contributed by atoms with E-state index >= 15 is 0 Å². The number of amides is 1. The van der Waals surface area contributed by atoms with E-state index in [0.717, 1.165) is 11.1 Å². The molecule has 2 N–H and O–H groups in total. The molecule has 1 rings (SSSR count). The summed E-state index contributed by atoms with van der Waals surface area (Å²) in [6, 6.07) is 7.17. The molecular weight excluding hydrogens is 230 g/mol. The monoisotopic (exact) mass is 249 g/mol. The molecule has 1 amide bonds. The van der Waals surface area contributed by atoms with Gasteiger partial charge < -0.3 is 10.4 Å². The fraction of sp³-hybridized carbons (Fsp3) is 0.429. The highest BCUT2D eigenvalue weighted by molar-refractivity contribution is 5.83. The van der Waals surface area contributed by atoms with E-state index in [9.17, 15) is 9.59 Å². The molecule has 0 aliphatic carbocycles. The molecule has 0 heterocycles. The van der Waals surface area contributed by atoms with Gasteiger partial charge in [-0.1, -0.05) is 36.8 Å². The summed E-state index contributed by atoms with van der Waals surface area (Å²) in [6.45, 7) is 3.74. The van der Waals surface area contributed by atoms with Gasteiger partial charge in [-0.3, -0.25) is 4.79 Å². The van der Waals surface area contributed by atoms with Crippen LogP contribution in [0, 0.1) is 6.92 Å². The SMILES string of the molecule is CC[C@H](NC(=O)CCc1cccc(C)c1)C(=O)O. The Morgan fingerprint density at radius 3 is 2.67 bits per heavy atom. The number of nitrogens with one attached hydrogen (secondary N) is 1. The van der Waals surface area contributed by atoms with Crippen molar-refractivity contribution in [2.45, 2.75) is 39.2 Å². The lowest BCUT2D eigenvalue weighted by atomic mass is 10.1. The Hall–Kier alpha value is -1.84. The third-order valence-electron chi connectivity index (χ3n) is 2.76. The van der Waals surface area contributed by atoms with Crippen LogP contribution < -0.4 is 5.32 Å². The molecule has 0 radical (unpaired) electrons. The third-order valence-corrected chi connectivity index (χ3v) is 2.76. The van der Waals surface area contributed by atoms with Crippen molar-refractivity contribution in [2.24, 2.45) is 0 Å². The highest BCUT2D eigenvalue weighted by Gasteiger charge is 2.16. The second-order valence-electron chi connectivity index (χ2n) is 4.36. The van der Waals surface area contributed by atoms with Gasteiger partial charge in [0.05, 0.1) is 0 Å². The smallest absolute Gasteiger partial charge is 0.326 e. The van der Waals surface area contributed by atoms with Gasteiger partial charge in [0.25, 0.3) is 0 Å². The number of carboxylic acid groups (broad SMARTS) is 1. The molecule has 1 aromatic carbocycles. The Morgan fingerprint density at radius 2 is 2.11 bits per heavy atom. The molecule has 0 saturated carbocycles. The lowest BCUT2D eigenvalue weighted by Crippen LogP contribution is -2.40. The van der Waals surface area contributed by atoms with Crippen LogP contribution in [0.2, 0.25) is 0 Å². The van der Waals surface area contributed by atoms with Crippen LogP contribution in [0.25, 0.3) is 0 Å². The van der Waals surface area contributed by atoms with E-state index in [0.29, 0.717) is 19.3 Å². The van der Waals surface area contributed by atoms with E-state index < -0.39 is 12.0 Å². The summed E-state index contributed by atoms with van der Waals surface area (Å²) in [7, 11) is 0. The predicted octanol–water partition coefficient (Wildman–Crippen LogP) is 1.91. The molecule has 4 heteroatoms. The molecule has 1 atom stereocenters. The molecule has 0 spiro atoms. The molecule has 98 valence electrons. The van der Waals surface area contributed by atoms with Crippen LogP contribution in [-0.4, -0.2) is 23.0 Å². The van der Waals surface area contributed by atoms with Crippen molar-refractivity contribution in [3.63, 3.8) is 0 Å². The number of hydrogen-bond acceptors (Lipinski definition) is 2. The Balaban J connectivity index is 2.44. The van der Waals surface area contributed by atoms with Crippen molar-refractivity contribution < 1.29 is 14.7 Å². The molecule has 0 bridgehead atoms. The zero-order chi connectivity index (χ0) is 13.5. The molecule has 0 unspecified atom stereocenters. The van der Waals surface area contributed by atoms with E-state index in [2.05, 4.69) is 5.32 Å². The van der Waals surface area contributed by atoms with Crippen molar-refractivity contribution in [1.82, 2.24) is 5.32 Å². The van der Waals surface area contributed by atoms with Crippen molar-refractivity contribution in [3.05, 3.63) is 35.4 Å². The summed E-state index contributed by atoms with van der Waals surface area (Å²) >= 11 is 0. The summed E-state index contributed by atoms with van der Waals surface area (Å²) in [4.78, 5) is 22.4. The molecule has 0 fully saturated rings. The van der Waals surface area contributed by atoms with Gasteiger partial charge in [0.15, 0.2) is 0 Å². The molecule has 0 aliphatic heterocycles. The van der Waals surface area contributed by atoms with Crippen molar-refractivity contribution in [1.29, 1.82) is 0 Å². The van der Waals surface area contributed by atoms with Gasteiger partial charge in [0.2, 0.25) is 5.91 Å². The van der Waals surface area contributed by atoms with Crippen molar-refractivity contribution in [3.8, 4) is 0 Å². The zero-order valence-electron chi connectivity index (χ0n) is 10.8. The van der Waals surface area contributed by atoms with Crippen LogP contribution in [0.15, 0.2) is 24.3 Å². The first-order chi connectivity index (χ1) is 8.52. The second-order valence-corrected chi connectivity index (χ2v) is 4.36. The van der Waals surface area contributed by atoms with E-state index in [1.807, 2.05) is 31.2 Å². The molecule has 0 aromatic heterocycles. The fourth-order valence-electron chi connectivity index (χ4n) is 1.73. The van der Waals surface area contributed by atoms with Gasteiger partial charge in [-0.2, -0.15) is 0 Å². The number of hydrogen-bond donors (Lipinski definition) is 2. The van der Waals surface area contributed by atoms with Crippen LogP contribution >= 0.6 is 0 Å². The molecule has 4 nitrogen and oxygen atoms in total. The zero-order valence-corrected chi connectivity index (χ0v) is 10.8. The van der Waals surface area contributed by atoms with E-state index in [4.69, 9.17) is 5.11 Å². The third kappa shape index (κ3) is 4.57. The average molecular weight is 249 g/mol. The van der Waals surface area contributed by atoms with Gasteiger partial charge >= 0.3 is 5.97 Å². The van der Waals surface area contributed by atoms with Crippen LogP contribution in [0.1, 0.15) is 30.9 Å². The van der Waals surface area contributed by atoms with Gasteiger partial charge in [-0.15, -0.1) is 0 Å². The minimum atomic E-state index is -0.985. The van der Waals surface area contributed by atoms with Crippen molar-refractivity contribution in [2.75, 3.05) is 0 Å². The lowest BCUT2D eigenvalue weighted by molar-refractivity contribution is -0.141. The van der Waals surface area contributed by atoms with Crippen LogP contribution in [-0.2, 0) is 16.0 Å². The predicted molar refractivity (Wildman–Crippen MR) is 69.4 cm³/mol. The van der Waals surface area contributed by atoms with Crippen LogP contribution in [0.4, 0.5) is 0 Å². The van der Waals surface area contributed by atoms with E-state index in [1.165, 1.54) is 0 Å². The standard InChI is InChI=1S/C14H19NO3/c1-3-12(14(17)18)15-13(16)8-7-11-6-4-5-10(2)9-11/h4-6,9,12H,3,7-8H2,1-2H3,(H,15,16)(H,17,18)/t12-/m0/s1. The fourth-order valence-corrected chi connectivity index (χ4v) is 1.73. The van der Waals surface area contributed by atoms with E-state index in [1.54, 1.807) is 6.92 Å². The first-order valence-corrected chi connectivity index (χ1v) is 6.10. The van der Waals surface area contributed by atoms with E-state index in [-0.39, 0.29) is 5.91 Å². The maximum Gasteiger partial charge on any atom is 0.326 e. The first kappa shape index (κ1) is 14.2. The van der Waals surface area contributed by atoms with Crippen LogP contribution in [0.3, 0.4) is 0 Å². The molecule has 1 aromatic rings. The lowest BCUT2D eigenvalue weighted by Gasteiger charge is -2.12. The maximum absolute atomic E-state index is 11.6. The maximum atomic E-state index is 11.6.